The summed E-state index contributed by atoms with van der Waals surface area (Å²) >= 11 is -2.86. The van der Waals surface area contributed by atoms with Gasteiger partial charge in [0.05, 0.1) is 11.4 Å². The molecule has 0 aliphatic heterocycles. The third kappa shape index (κ3) is 214. The molecule has 6 heteroatoms. The van der Waals surface area contributed by atoms with E-state index in [1.165, 1.54) is 0 Å². The van der Waals surface area contributed by atoms with E-state index in [-0.39, 0.29) is 22.5 Å². The highest BCUT2D eigenvalue weighted by molar-refractivity contribution is 8.93. The second-order valence-corrected chi connectivity index (χ2v) is 0.651. The van der Waals surface area contributed by atoms with E-state index in [4.69, 9.17) is 13.3 Å². The van der Waals surface area contributed by atoms with Crippen molar-refractivity contribution in [1.82, 2.24) is 0 Å². The van der Waals surface area contributed by atoms with Gasteiger partial charge in [-0.25, -0.2) is 4.21 Å². The largest absolute Gasteiger partial charge is 0.750 e. The molecule has 0 aliphatic carbocycles. The first-order valence-corrected chi connectivity index (χ1v) is 1.55. The Kier molecular flexibility index (Phi) is 24.3. The Hall–Kier alpha value is 0.510. The van der Waals surface area contributed by atoms with E-state index in [1.54, 1.807) is 0 Å². The molecule has 0 rings (SSSR count). The molecule has 42 valence electrons. The van der Waals surface area contributed by atoms with Crippen molar-refractivity contribution in [3.8, 4) is 0 Å². The molecule has 3 N–H and O–H groups in total. The second kappa shape index (κ2) is 9.10. The van der Waals surface area contributed by atoms with Crippen molar-refractivity contribution in [2.24, 2.45) is 0 Å². The minimum atomic E-state index is -2.86. The first-order chi connectivity index (χ1) is 1.73. The molecule has 4 nitrogen and oxygen atoms in total. The Bertz CT molecular complexity index is 30.5. The molecule has 0 aromatic heterocycles. The fraction of sp³-hybridized carbons (Fsp3) is 0. The Morgan fingerprint density at radius 2 is 1.67 bits per heavy atom. The number of hydrogen-bond acceptors (Lipinski definition) is 2. The van der Waals surface area contributed by atoms with Crippen LogP contribution in [0.3, 0.4) is 0 Å². The van der Waals surface area contributed by atoms with Crippen LogP contribution in [0.25, 0.3) is 0 Å². The van der Waals surface area contributed by atoms with Crippen LogP contribution in [0.15, 0.2) is 0 Å². The number of hydrogen-bond donors (Lipinski definition) is 1. The second-order valence-electron chi connectivity index (χ2n) is 0.217. The summed E-state index contributed by atoms with van der Waals surface area (Å²) in [6, 6.07) is 0. The van der Waals surface area contributed by atoms with Gasteiger partial charge in [-0.15, -0.1) is 17.0 Å². The lowest BCUT2D eigenvalue weighted by Crippen LogP contribution is -1.75. The predicted molar refractivity (Wildman–Crippen MR) is 25.5 cm³/mol. The summed E-state index contributed by atoms with van der Waals surface area (Å²) in [7, 11) is 0. The van der Waals surface area contributed by atoms with Gasteiger partial charge in [-0.05, 0) is 0 Å². The monoisotopic (exact) mass is 179 g/mol. The molecule has 0 aliphatic rings. The fourth-order valence-corrected chi connectivity index (χ4v) is 0. The molecule has 0 radical (unpaired) electrons. The lowest BCUT2D eigenvalue weighted by molar-refractivity contribution is 0.436. The quantitative estimate of drug-likeness (QED) is 0.489. The van der Waals surface area contributed by atoms with Crippen molar-refractivity contribution < 1.29 is 18.8 Å². The molecule has 0 fully saturated rings. The van der Waals surface area contributed by atoms with Crippen LogP contribution in [0.4, 0.5) is 0 Å². The van der Waals surface area contributed by atoms with Gasteiger partial charge in [0, 0.05) is 0 Å². The van der Waals surface area contributed by atoms with Crippen LogP contribution in [-0.4, -0.2) is 18.8 Å². The average Bonchev–Trinajstić information content (AvgIpc) is 0.811. The topological polar surface area (TPSA) is 91.9 Å². The van der Waals surface area contributed by atoms with E-state index in [1.807, 2.05) is 0 Å². The van der Waals surface area contributed by atoms with Gasteiger partial charge in [0.1, 0.15) is 0 Å². The Morgan fingerprint density at radius 1 is 1.67 bits per heavy atom. The third-order valence-electron chi connectivity index (χ3n) is 0. The molecule has 0 spiro atoms. The lowest BCUT2D eigenvalue weighted by Gasteiger charge is -1.83. The van der Waals surface area contributed by atoms with E-state index in [9.17, 15) is 0 Å². The fourth-order valence-electron chi connectivity index (χ4n) is 0. The van der Waals surface area contributed by atoms with Crippen LogP contribution < -0.4 is 0 Å². The SMILES string of the molecule is Br.O.O=S([O-])O. The smallest absolute Gasteiger partial charge is 0.0814 e. The highest BCUT2D eigenvalue weighted by atomic mass is 79.9. The molecule has 0 saturated carbocycles. The zero-order valence-electron chi connectivity index (χ0n) is 2.58. The van der Waals surface area contributed by atoms with Crippen molar-refractivity contribution in [3.05, 3.63) is 0 Å². The van der Waals surface area contributed by atoms with Gasteiger partial charge in [0.2, 0.25) is 0 Å². The molecule has 0 amide bonds. The zero-order chi connectivity index (χ0) is 3.58. The summed E-state index contributed by atoms with van der Waals surface area (Å²) in [5.41, 5.74) is 0. The van der Waals surface area contributed by atoms with Crippen molar-refractivity contribution in [2.45, 2.75) is 0 Å². The average molecular weight is 180 g/mol. The molecule has 0 heterocycles. The van der Waals surface area contributed by atoms with Crippen LogP contribution in [0.5, 0.6) is 0 Å². The van der Waals surface area contributed by atoms with Crippen LogP contribution in [-0.2, 0) is 11.4 Å². The van der Waals surface area contributed by atoms with Crippen molar-refractivity contribution in [3.63, 3.8) is 0 Å². The Morgan fingerprint density at radius 3 is 1.67 bits per heavy atom. The lowest BCUT2D eigenvalue weighted by atomic mass is 15.8. The van der Waals surface area contributed by atoms with E-state index >= 15 is 0 Å². The van der Waals surface area contributed by atoms with Crippen LogP contribution >= 0.6 is 17.0 Å². The van der Waals surface area contributed by atoms with Gasteiger partial charge in [-0.2, -0.15) is 0 Å². The van der Waals surface area contributed by atoms with Crippen LogP contribution in [0.1, 0.15) is 0 Å². The summed E-state index contributed by atoms with van der Waals surface area (Å²) in [5.74, 6) is 0. The van der Waals surface area contributed by atoms with E-state index in [0.717, 1.165) is 0 Å². The summed E-state index contributed by atoms with van der Waals surface area (Å²) in [6.45, 7) is 0. The van der Waals surface area contributed by atoms with Crippen LogP contribution in [0.2, 0.25) is 0 Å². The highest BCUT2D eigenvalue weighted by Gasteiger charge is 1.42. The maximum absolute atomic E-state index is 8.56. The van der Waals surface area contributed by atoms with Gasteiger partial charge < -0.3 is 14.6 Å². The number of rotatable bonds is 0. The maximum Gasteiger partial charge on any atom is 0.0814 e. The predicted octanol–water partition coefficient (Wildman–Crippen LogP) is -0.908. The molecule has 0 saturated heterocycles. The molecule has 1 unspecified atom stereocenters. The van der Waals surface area contributed by atoms with Crippen molar-refractivity contribution in [2.75, 3.05) is 0 Å². The van der Waals surface area contributed by atoms with Gasteiger partial charge in [-0.1, -0.05) is 0 Å². The zero-order valence-corrected chi connectivity index (χ0v) is 5.11. The van der Waals surface area contributed by atoms with Gasteiger partial charge in [0.25, 0.3) is 0 Å². The maximum atomic E-state index is 8.56. The molecule has 0 aromatic carbocycles. The van der Waals surface area contributed by atoms with E-state index in [0.29, 0.717) is 0 Å². The Labute approximate surface area is 47.7 Å². The van der Waals surface area contributed by atoms with E-state index < -0.39 is 11.4 Å². The summed E-state index contributed by atoms with van der Waals surface area (Å²) < 4.78 is 24.1. The van der Waals surface area contributed by atoms with Crippen LogP contribution in [0, 0.1) is 0 Å². The molecular weight excluding hydrogens is 176 g/mol. The summed E-state index contributed by atoms with van der Waals surface area (Å²) in [4.78, 5) is 0. The molecule has 0 bridgehead atoms. The van der Waals surface area contributed by atoms with Gasteiger partial charge in [-0.3, -0.25) is 0 Å². The minimum absolute atomic E-state index is 0. The first kappa shape index (κ1) is 16.0. The highest BCUT2D eigenvalue weighted by Crippen LogP contribution is 1.43. The van der Waals surface area contributed by atoms with Crippen molar-refractivity contribution in [1.29, 1.82) is 0 Å². The Balaban J connectivity index is -0.0000000450. The molecular formula is H4BrO4S-. The normalized spacial score (nSPS) is 10.3. The molecule has 6 heavy (non-hydrogen) atoms. The van der Waals surface area contributed by atoms with Gasteiger partial charge >= 0.3 is 0 Å². The van der Waals surface area contributed by atoms with Crippen molar-refractivity contribution >= 4 is 28.3 Å². The summed E-state index contributed by atoms with van der Waals surface area (Å²) in [6.07, 6.45) is 0. The standard InChI is InChI=1S/BrH.H2O3S.H2O/c;1-4(2)3;/h1H;(H2,1,2,3);1H2/p-1. The first-order valence-electron chi connectivity index (χ1n) is 0.516. The molecule has 0 aromatic rings. The van der Waals surface area contributed by atoms with Gasteiger partial charge in [0.15, 0.2) is 0 Å². The summed E-state index contributed by atoms with van der Waals surface area (Å²) in [5, 5.41) is 0. The minimum Gasteiger partial charge on any atom is -0.750 e. The van der Waals surface area contributed by atoms with E-state index in [2.05, 4.69) is 0 Å². The molecule has 1 atom stereocenters. The number of halogens is 1. The third-order valence-corrected chi connectivity index (χ3v) is 0.